The summed E-state index contributed by atoms with van der Waals surface area (Å²) in [5.74, 6) is -1.64. The van der Waals surface area contributed by atoms with E-state index in [2.05, 4.69) is 20.0 Å². The second kappa shape index (κ2) is 13.7. The van der Waals surface area contributed by atoms with Crippen LogP contribution in [0.2, 0.25) is 0 Å². The highest BCUT2D eigenvalue weighted by atomic mass is 32.2. The van der Waals surface area contributed by atoms with Crippen LogP contribution in [0.4, 0.5) is 5.95 Å². The van der Waals surface area contributed by atoms with Crippen molar-refractivity contribution in [1.29, 1.82) is 0 Å². The van der Waals surface area contributed by atoms with E-state index < -0.39 is 39.6 Å². The van der Waals surface area contributed by atoms with Crippen molar-refractivity contribution in [3.8, 4) is 0 Å². The van der Waals surface area contributed by atoms with E-state index in [1.807, 2.05) is 6.92 Å². The smallest absolute Gasteiger partial charge is 0.355 e. The van der Waals surface area contributed by atoms with Gasteiger partial charge in [0.1, 0.15) is 5.56 Å². The number of esters is 1. The second-order valence-electron chi connectivity index (χ2n) is 10.4. The lowest BCUT2D eigenvalue weighted by Gasteiger charge is -2.15. The number of nitrogens with two attached hydrogens (primary N) is 1. The van der Waals surface area contributed by atoms with Crippen LogP contribution in [0.3, 0.4) is 0 Å². The van der Waals surface area contributed by atoms with Crippen LogP contribution < -0.4 is 21.8 Å². The minimum absolute atomic E-state index is 0.0469. The zero-order chi connectivity index (χ0) is 32.9. The lowest BCUT2D eigenvalue weighted by Crippen LogP contribution is -2.37. The number of hydrogen-bond donors (Lipinski definition) is 4. The van der Waals surface area contributed by atoms with Crippen LogP contribution in [-0.2, 0) is 32.6 Å². The van der Waals surface area contributed by atoms with Gasteiger partial charge in [0.15, 0.2) is 5.71 Å². The standard InChI is InChI=1S/C30H35N7O7S/c1-18-12-19(2)27(20(3)13-18)45(42,43)35-24(29(40)44-4)16-33-28(39)23-17-36(10-5-8-31)25-14-21(6-7-22(25)26(23)38)15-34-30-32-9-11-37(30)41/h6-7,9,11-14,17,41H,5,8,10,15-16,31H2,1-4H3,(H,32,34)(H,33,39)/b35-24-. The Morgan fingerprint density at radius 2 is 1.84 bits per heavy atom. The molecule has 0 spiro atoms. The molecule has 0 aliphatic rings. The molecule has 0 saturated carbocycles. The summed E-state index contributed by atoms with van der Waals surface area (Å²) in [5, 5.41) is 15.5. The zero-order valence-electron chi connectivity index (χ0n) is 25.3. The van der Waals surface area contributed by atoms with Crippen molar-refractivity contribution in [3.05, 3.63) is 87.0 Å². The molecule has 0 bridgehead atoms. The highest BCUT2D eigenvalue weighted by molar-refractivity contribution is 7.90. The maximum absolute atomic E-state index is 13.5. The third-order valence-electron chi connectivity index (χ3n) is 7.00. The maximum atomic E-state index is 13.5. The van der Waals surface area contributed by atoms with Gasteiger partial charge in [-0.3, -0.25) is 9.59 Å². The van der Waals surface area contributed by atoms with Crippen LogP contribution in [0.25, 0.3) is 10.9 Å². The van der Waals surface area contributed by atoms with Crippen LogP contribution in [0.1, 0.15) is 39.0 Å². The van der Waals surface area contributed by atoms with Gasteiger partial charge in [-0.25, -0.2) is 9.78 Å². The zero-order valence-corrected chi connectivity index (χ0v) is 26.1. The first-order valence-electron chi connectivity index (χ1n) is 14.0. The number of aryl methyl sites for hydroxylation is 4. The summed E-state index contributed by atoms with van der Waals surface area (Å²) in [7, 11) is -3.29. The molecule has 14 nitrogen and oxygen atoms in total. The number of aromatic nitrogens is 3. The van der Waals surface area contributed by atoms with Crippen molar-refractivity contribution < 1.29 is 28.0 Å². The molecule has 0 radical (unpaired) electrons. The molecular formula is C30H35N7O7S. The van der Waals surface area contributed by atoms with Crippen LogP contribution in [0, 0.1) is 20.8 Å². The van der Waals surface area contributed by atoms with E-state index in [1.165, 1.54) is 18.6 Å². The molecule has 238 valence electrons. The van der Waals surface area contributed by atoms with Gasteiger partial charge in [0.2, 0.25) is 11.4 Å². The highest BCUT2D eigenvalue weighted by Gasteiger charge is 2.25. The Labute approximate surface area is 259 Å². The van der Waals surface area contributed by atoms with Gasteiger partial charge in [-0.1, -0.05) is 23.8 Å². The number of amides is 1. The second-order valence-corrected chi connectivity index (χ2v) is 12.0. The van der Waals surface area contributed by atoms with Gasteiger partial charge in [-0.2, -0.15) is 17.5 Å². The minimum Gasteiger partial charge on any atom is -0.464 e. The number of fused-ring (bicyclic) bond motifs is 1. The molecule has 2 aromatic carbocycles. The topological polar surface area (TPSA) is 200 Å². The Morgan fingerprint density at radius 1 is 1.13 bits per heavy atom. The van der Waals surface area contributed by atoms with Gasteiger partial charge in [-0.15, -0.1) is 0 Å². The monoisotopic (exact) mass is 637 g/mol. The number of benzene rings is 2. The number of carbonyl (C=O) groups excluding carboxylic acids is 2. The van der Waals surface area contributed by atoms with Gasteiger partial charge in [0.05, 0.1) is 36.5 Å². The number of carbonyl (C=O) groups is 2. The van der Waals surface area contributed by atoms with E-state index in [0.717, 1.165) is 23.0 Å². The molecule has 0 unspecified atom stereocenters. The Kier molecular flexibility index (Phi) is 10.0. The first-order valence-corrected chi connectivity index (χ1v) is 15.4. The molecule has 0 fully saturated rings. The van der Waals surface area contributed by atoms with Crippen molar-refractivity contribution in [1.82, 2.24) is 19.6 Å². The normalized spacial score (nSPS) is 11.9. The molecule has 2 heterocycles. The molecule has 4 rings (SSSR count). The predicted molar refractivity (Wildman–Crippen MR) is 168 cm³/mol. The van der Waals surface area contributed by atoms with E-state index in [0.29, 0.717) is 42.7 Å². The number of imidazole rings is 1. The van der Waals surface area contributed by atoms with E-state index in [4.69, 9.17) is 10.5 Å². The lowest BCUT2D eigenvalue weighted by atomic mass is 10.1. The van der Waals surface area contributed by atoms with Crippen molar-refractivity contribution >= 4 is 44.5 Å². The number of ether oxygens (including phenoxy) is 1. The molecule has 0 aliphatic carbocycles. The van der Waals surface area contributed by atoms with Crippen LogP contribution in [0.5, 0.6) is 0 Å². The van der Waals surface area contributed by atoms with E-state index in [9.17, 15) is 28.0 Å². The molecule has 0 atom stereocenters. The Balaban J connectivity index is 1.65. The SMILES string of the molecule is COC(=O)/C(CNC(=O)c1cn(CCCN)c2cc(CNc3nccn3O)ccc2c1=O)=N\S(=O)(=O)c1c(C)cc(C)cc1C. The third kappa shape index (κ3) is 7.38. The number of rotatable bonds is 12. The van der Waals surface area contributed by atoms with Gasteiger partial charge in [0.25, 0.3) is 15.9 Å². The van der Waals surface area contributed by atoms with E-state index in [-0.39, 0.29) is 21.8 Å². The fourth-order valence-corrected chi connectivity index (χ4v) is 6.49. The van der Waals surface area contributed by atoms with Crippen LogP contribution in [0.15, 0.2) is 63.0 Å². The minimum atomic E-state index is -4.35. The number of nitrogens with zero attached hydrogens (tertiary/aromatic N) is 4. The van der Waals surface area contributed by atoms with Gasteiger partial charge >= 0.3 is 5.97 Å². The predicted octanol–water partition coefficient (Wildman–Crippen LogP) is 2.05. The molecule has 15 heteroatoms. The number of anilines is 1. The first kappa shape index (κ1) is 32.9. The maximum Gasteiger partial charge on any atom is 0.355 e. The number of sulfonamides is 1. The largest absolute Gasteiger partial charge is 0.464 e. The summed E-state index contributed by atoms with van der Waals surface area (Å²) >= 11 is 0. The Bertz CT molecular complexity index is 1940. The average molecular weight is 638 g/mol. The quantitative estimate of drug-likeness (QED) is 0.101. The number of methoxy groups -OCH3 is 1. The molecule has 0 aliphatic heterocycles. The van der Waals surface area contributed by atoms with Crippen LogP contribution >= 0.6 is 0 Å². The van der Waals surface area contributed by atoms with E-state index >= 15 is 0 Å². The summed E-state index contributed by atoms with van der Waals surface area (Å²) in [6, 6.07) is 8.46. The van der Waals surface area contributed by atoms with Crippen molar-refractivity contribution in [2.24, 2.45) is 10.1 Å². The number of nitrogens with one attached hydrogen (secondary N) is 2. The summed E-state index contributed by atoms with van der Waals surface area (Å²) in [4.78, 5) is 43.3. The Morgan fingerprint density at radius 3 is 2.47 bits per heavy atom. The summed E-state index contributed by atoms with van der Waals surface area (Å²) < 4.78 is 37.5. The van der Waals surface area contributed by atoms with Crippen molar-refractivity contribution in [3.63, 3.8) is 0 Å². The van der Waals surface area contributed by atoms with E-state index in [1.54, 1.807) is 48.7 Å². The summed E-state index contributed by atoms with van der Waals surface area (Å²) in [5.41, 5.74) is 7.51. The molecule has 4 aromatic rings. The summed E-state index contributed by atoms with van der Waals surface area (Å²) in [6.07, 6.45) is 4.77. The highest BCUT2D eigenvalue weighted by Crippen LogP contribution is 2.24. The summed E-state index contributed by atoms with van der Waals surface area (Å²) in [6.45, 7) is 5.53. The fraction of sp³-hybridized carbons (Fsp3) is 0.300. The molecule has 1 amide bonds. The molecule has 2 aromatic heterocycles. The third-order valence-corrected chi connectivity index (χ3v) is 8.62. The fourth-order valence-electron chi connectivity index (χ4n) is 5.04. The van der Waals surface area contributed by atoms with Gasteiger partial charge in [-0.05, 0) is 62.6 Å². The molecule has 5 N–H and O–H groups in total. The lowest BCUT2D eigenvalue weighted by molar-refractivity contribution is -0.132. The van der Waals surface area contributed by atoms with Crippen molar-refractivity contribution in [2.45, 2.75) is 45.2 Å². The molecule has 0 saturated heterocycles. The Hall–Kier alpha value is -5.02. The van der Waals surface area contributed by atoms with Crippen molar-refractivity contribution in [2.75, 3.05) is 25.5 Å². The average Bonchev–Trinajstić information content (AvgIpc) is 3.40. The van der Waals surface area contributed by atoms with Crippen LogP contribution in [-0.4, -0.2) is 65.7 Å². The van der Waals surface area contributed by atoms with Gasteiger partial charge in [0, 0.05) is 24.7 Å². The number of hydrogen-bond acceptors (Lipinski definition) is 10. The molecule has 45 heavy (non-hydrogen) atoms. The van der Waals surface area contributed by atoms with Gasteiger partial charge < -0.3 is 30.9 Å². The number of pyridine rings is 1. The first-order chi connectivity index (χ1) is 21.4. The molecular weight excluding hydrogens is 602 g/mol.